The van der Waals surface area contributed by atoms with Gasteiger partial charge in [0.2, 0.25) is 0 Å². The van der Waals surface area contributed by atoms with Crippen LogP contribution in [0.3, 0.4) is 0 Å². The second kappa shape index (κ2) is 6.20. The SMILES string of the molecule is O=C(c1cccnc1)N1CC[C@@]2(C[C@H](Nc3cccnc3)CO2)C1. The summed E-state index contributed by atoms with van der Waals surface area (Å²) in [4.78, 5) is 22.6. The van der Waals surface area contributed by atoms with Gasteiger partial charge in [0.25, 0.3) is 5.91 Å². The van der Waals surface area contributed by atoms with Crippen LogP contribution in [-0.2, 0) is 4.74 Å². The number of anilines is 1. The van der Waals surface area contributed by atoms with Crippen LogP contribution in [0.5, 0.6) is 0 Å². The molecule has 2 fully saturated rings. The third-order valence-corrected chi connectivity index (χ3v) is 4.75. The molecule has 24 heavy (non-hydrogen) atoms. The molecule has 4 rings (SSSR count). The van der Waals surface area contributed by atoms with Crippen molar-refractivity contribution in [3.05, 3.63) is 54.6 Å². The number of carbonyl (C=O) groups excluding carboxylic acids is 1. The predicted octanol–water partition coefficient (Wildman–Crippen LogP) is 1.96. The summed E-state index contributed by atoms with van der Waals surface area (Å²) in [5.74, 6) is 0.0345. The van der Waals surface area contributed by atoms with Crippen LogP contribution >= 0.6 is 0 Å². The number of aromatic nitrogens is 2. The fourth-order valence-corrected chi connectivity index (χ4v) is 3.60. The molecule has 2 aromatic heterocycles. The molecular formula is C18H20N4O2. The smallest absolute Gasteiger partial charge is 0.255 e. The Morgan fingerprint density at radius 2 is 2.08 bits per heavy atom. The first-order chi connectivity index (χ1) is 11.7. The lowest BCUT2D eigenvalue weighted by Crippen LogP contribution is -2.36. The molecule has 6 heteroatoms. The van der Waals surface area contributed by atoms with Gasteiger partial charge in [-0.05, 0) is 30.7 Å². The van der Waals surface area contributed by atoms with Gasteiger partial charge in [-0.2, -0.15) is 0 Å². The first-order valence-corrected chi connectivity index (χ1v) is 8.24. The number of rotatable bonds is 3. The maximum Gasteiger partial charge on any atom is 0.255 e. The average molecular weight is 324 g/mol. The largest absolute Gasteiger partial charge is 0.379 e. The molecule has 0 aromatic carbocycles. The molecule has 4 heterocycles. The van der Waals surface area contributed by atoms with Gasteiger partial charge in [0.1, 0.15) is 0 Å². The molecule has 124 valence electrons. The van der Waals surface area contributed by atoms with E-state index in [0.29, 0.717) is 18.7 Å². The molecule has 1 N–H and O–H groups in total. The van der Waals surface area contributed by atoms with Gasteiger partial charge >= 0.3 is 0 Å². The summed E-state index contributed by atoms with van der Waals surface area (Å²) in [6.45, 7) is 2.03. The summed E-state index contributed by atoms with van der Waals surface area (Å²) in [7, 11) is 0. The Morgan fingerprint density at radius 3 is 2.83 bits per heavy atom. The standard InChI is InChI=1S/C18H20N4O2/c23-17(14-3-1-6-19-10-14)22-8-5-18(13-22)9-16(12-24-18)21-15-4-2-7-20-11-15/h1-4,6-7,10-11,16,21H,5,8-9,12-13H2/t16-,18+/m0/s1. The van der Waals surface area contributed by atoms with Crippen LogP contribution < -0.4 is 5.32 Å². The molecule has 2 aliphatic heterocycles. The van der Waals surface area contributed by atoms with Crippen molar-refractivity contribution < 1.29 is 9.53 Å². The molecule has 0 aliphatic carbocycles. The predicted molar refractivity (Wildman–Crippen MR) is 89.7 cm³/mol. The Balaban J connectivity index is 1.39. The minimum atomic E-state index is -0.224. The lowest BCUT2D eigenvalue weighted by Gasteiger charge is -2.23. The Hall–Kier alpha value is -2.47. The molecule has 0 saturated carbocycles. The van der Waals surface area contributed by atoms with E-state index in [9.17, 15) is 4.79 Å². The monoisotopic (exact) mass is 324 g/mol. The van der Waals surface area contributed by atoms with Gasteiger partial charge in [0, 0.05) is 37.8 Å². The van der Waals surface area contributed by atoms with Gasteiger partial charge in [-0.15, -0.1) is 0 Å². The normalized spacial score (nSPS) is 26.0. The van der Waals surface area contributed by atoms with E-state index >= 15 is 0 Å². The highest BCUT2D eigenvalue weighted by Gasteiger charge is 2.46. The van der Waals surface area contributed by atoms with Crippen molar-refractivity contribution in [1.82, 2.24) is 14.9 Å². The van der Waals surface area contributed by atoms with Crippen molar-refractivity contribution in [2.75, 3.05) is 25.0 Å². The summed E-state index contributed by atoms with van der Waals surface area (Å²) in [6, 6.07) is 7.77. The highest BCUT2D eigenvalue weighted by atomic mass is 16.5. The molecular weight excluding hydrogens is 304 g/mol. The molecule has 0 unspecified atom stereocenters. The van der Waals surface area contributed by atoms with E-state index in [4.69, 9.17) is 4.74 Å². The van der Waals surface area contributed by atoms with E-state index in [1.807, 2.05) is 29.3 Å². The van der Waals surface area contributed by atoms with Crippen LogP contribution in [0.4, 0.5) is 5.69 Å². The van der Waals surface area contributed by atoms with Crippen molar-refractivity contribution in [2.45, 2.75) is 24.5 Å². The number of hydrogen-bond donors (Lipinski definition) is 1. The van der Waals surface area contributed by atoms with Crippen LogP contribution in [0.1, 0.15) is 23.2 Å². The highest BCUT2D eigenvalue weighted by Crippen LogP contribution is 2.36. The number of carbonyl (C=O) groups is 1. The molecule has 1 amide bonds. The Labute approximate surface area is 140 Å². The van der Waals surface area contributed by atoms with E-state index in [-0.39, 0.29) is 17.6 Å². The lowest BCUT2D eigenvalue weighted by molar-refractivity contribution is 0.0125. The van der Waals surface area contributed by atoms with Crippen molar-refractivity contribution in [1.29, 1.82) is 0 Å². The van der Waals surface area contributed by atoms with Crippen LogP contribution in [0.2, 0.25) is 0 Å². The van der Waals surface area contributed by atoms with E-state index < -0.39 is 0 Å². The van der Waals surface area contributed by atoms with E-state index in [2.05, 4.69) is 15.3 Å². The molecule has 2 aromatic rings. The Kier molecular flexibility index (Phi) is 3.90. The minimum Gasteiger partial charge on any atom is -0.379 e. The summed E-state index contributed by atoms with van der Waals surface area (Å²) in [6.07, 6.45) is 8.66. The number of pyridine rings is 2. The number of nitrogens with one attached hydrogen (secondary N) is 1. The van der Waals surface area contributed by atoms with Gasteiger partial charge < -0.3 is 15.0 Å². The first kappa shape index (κ1) is 15.1. The zero-order chi connectivity index (χ0) is 16.4. The van der Waals surface area contributed by atoms with Crippen LogP contribution in [0, 0.1) is 0 Å². The fourth-order valence-electron chi connectivity index (χ4n) is 3.60. The number of hydrogen-bond acceptors (Lipinski definition) is 5. The fraction of sp³-hybridized carbons (Fsp3) is 0.389. The minimum absolute atomic E-state index is 0.0345. The molecule has 2 aliphatic rings. The van der Waals surface area contributed by atoms with Crippen LogP contribution in [0.25, 0.3) is 0 Å². The number of likely N-dealkylation sites (tertiary alicyclic amines) is 1. The highest BCUT2D eigenvalue weighted by molar-refractivity contribution is 5.94. The topological polar surface area (TPSA) is 67.4 Å². The van der Waals surface area contributed by atoms with Gasteiger partial charge in [-0.25, -0.2) is 0 Å². The van der Waals surface area contributed by atoms with E-state index in [0.717, 1.165) is 25.1 Å². The lowest BCUT2D eigenvalue weighted by atomic mass is 9.97. The maximum atomic E-state index is 12.6. The molecule has 0 bridgehead atoms. The number of ether oxygens (including phenoxy) is 1. The molecule has 1 spiro atoms. The van der Waals surface area contributed by atoms with Gasteiger partial charge in [0.05, 0.1) is 36.0 Å². The van der Waals surface area contributed by atoms with Gasteiger partial charge in [-0.1, -0.05) is 0 Å². The quantitative estimate of drug-likeness (QED) is 0.935. The summed E-state index contributed by atoms with van der Waals surface area (Å²) < 4.78 is 6.11. The summed E-state index contributed by atoms with van der Waals surface area (Å²) >= 11 is 0. The maximum absolute atomic E-state index is 12.6. The Morgan fingerprint density at radius 1 is 1.25 bits per heavy atom. The van der Waals surface area contributed by atoms with Gasteiger partial charge in [0.15, 0.2) is 0 Å². The zero-order valence-electron chi connectivity index (χ0n) is 13.4. The van der Waals surface area contributed by atoms with Crippen LogP contribution in [-0.4, -0.2) is 52.1 Å². The molecule has 0 radical (unpaired) electrons. The number of nitrogens with zero attached hydrogens (tertiary/aromatic N) is 3. The van der Waals surface area contributed by atoms with Crippen molar-refractivity contribution in [2.24, 2.45) is 0 Å². The molecule has 2 saturated heterocycles. The van der Waals surface area contributed by atoms with Crippen LogP contribution in [0.15, 0.2) is 49.1 Å². The average Bonchev–Trinajstić information content (AvgIpc) is 3.23. The van der Waals surface area contributed by atoms with Crippen molar-refractivity contribution >= 4 is 11.6 Å². The summed E-state index contributed by atoms with van der Waals surface area (Å²) in [5, 5.41) is 3.47. The third-order valence-electron chi connectivity index (χ3n) is 4.75. The van der Waals surface area contributed by atoms with E-state index in [1.54, 1.807) is 24.7 Å². The Bertz CT molecular complexity index is 709. The van der Waals surface area contributed by atoms with Crippen molar-refractivity contribution in [3.63, 3.8) is 0 Å². The van der Waals surface area contributed by atoms with Crippen molar-refractivity contribution in [3.8, 4) is 0 Å². The second-order valence-corrected chi connectivity index (χ2v) is 6.50. The number of amides is 1. The second-order valence-electron chi connectivity index (χ2n) is 6.50. The van der Waals surface area contributed by atoms with E-state index in [1.165, 1.54) is 0 Å². The summed E-state index contributed by atoms with van der Waals surface area (Å²) in [5.41, 5.74) is 1.42. The van der Waals surface area contributed by atoms with Gasteiger partial charge in [-0.3, -0.25) is 14.8 Å². The third kappa shape index (κ3) is 2.97. The molecule has 2 atom stereocenters. The zero-order valence-corrected chi connectivity index (χ0v) is 13.4. The first-order valence-electron chi connectivity index (χ1n) is 8.24. The molecule has 6 nitrogen and oxygen atoms in total.